The van der Waals surface area contributed by atoms with E-state index in [4.69, 9.17) is 4.98 Å². The molecule has 0 fully saturated rings. The molecule has 3 N–H and O–H groups in total. The molecule has 2 aromatic carbocycles. The van der Waals surface area contributed by atoms with E-state index in [0.29, 0.717) is 11.3 Å². The highest BCUT2D eigenvalue weighted by Gasteiger charge is 2.29. The van der Waals surface area contributed by atoms with Crippen LogP contribution in [0.2, 0.25) is 0 Å². The van der Waals surface area contributed by atoms with Crippen LogP contribution in [0.3, 0.4) is 0 Å². The van der Waals surface area contributed by atoms with Gasteiger partial charge in [-0.15, -0.1) is 0 Å². The van der Waals surface area contributed by atoms with Crippen LogP contribution < -0.4 is 16.0 Å². The Balaban J connectivity index is 1.48. The van der Waals surface area contributed by atoms with Crippen molar-refractivity contribution in [2.24, 2.45) is 5.92 Å². The second kappa shape index (κ2) is 9.67. The van der Waals surface area contributed by atoms with Crippen LogP contribution in [-0.2, 0) is 9.59 Å². The number of para-hydroxylation sites is 3. The molecule has 0 aliphatic carbocycles. The van der Waals surface area contributed by atoms with Crippen molar-refractivity contribution in [2.75, 3.05) is 5.32 Å². The van der Waals surface area contributed by atoms with Crippen LogP contribution in [0.4, 0.5) is 5.69 Å². The molecule has 0 spiro atoms. The first-order chi connectivity index (χ1) is 16.3. The second-order valence-electron chi connectivity index (χ2n) is 9.31. The highest BCUT2D eigenvalue weighted by atomic mass is 16.2. The molecule has 178 valence electrons. The lowest BCUT2D eigenvalue weighted by atomic mass is 10.0. The average Bonchev–Trinajstić information content (AvgIpc) is 3.13. The van der Waals surface area contributed by atoms with Crippen molar-refractivity contribution in [1.29, 1.82) is 0 Å². The van der Waals surface area contributed by atoms with Gasteiger partial charge in [0.25, 0.3) is 5.91 Å². The largest absolute Gasteiger partial charge is 0.346 e. The topological polar surface area (TPSA) is 105 Å². The second-order valence-corrected chi connectivity index (χ2v) is 9.31. The van der Waals surface area contributed by atoms with Crippen molar-refractivity contribution < 1.29 is 14.4 Å². The number of aromatic nitrogens is 2. The standard InChI is InChI=1S/C26H31N5O3/c1-15(2)23(24-27-19-11-7-8-12-21(19)31(24)16(3)4)30-22(32)14-13-20-26(34)28-18-10-6-5-9-17(18)25(33)29-20/h5-12,15-16,20,23H,13-14H2,1-4H3,(H,28,34)(H,29,33)(H,30,32)/t20-,23-/m0/s1. The van der Waals surface area contributed by atoms with Crippen LogP contribution in [0.1, 0.15) is 68.8 Å². The van der Waals surface area contributed by atoms with Gasteiger partial charge in [0.1, 0.15) is 11.9 Å². The molecule has 0 bridgehead atoms. The van der Waals surface area contributed by atoms with Crippen molar-refractivity contribution in [1.82, 2.24) is 20.2 Å². The third-order valence-electron chi connectivity index (χ3n) is 6.11. The molecule has 0 unspecified atom stereocenters. The van der Waals surface area contributed by atoms with Crippen LogP contribution in [0.5, 0.6) is 0 Å². The summed E-state index contributed by atoms with van der Waals surface area (Å²) >= 11 is 0. The number of hydrogen-bond acceptors (Lipinski definition) is 4. The number of carbonyl (C=O) groups excluding carboxylic acids is 3. The third kappa shape index (κ3) is 4.66. The van der Waals surface area contributed by atoms with Crippen molar-refractivity contribution in [3.05, 3.63) is 59.9 Å². The molecule has 2 heterocycles. The van der Waals surface area contributed by atoms with Gasteiger partial charge in [-0.05, 0) is 50.5 Å². The molecule has 4 rings (SSSR count). The number of benzene rings is 2. The van der Waals surface area contributed by atoms with Gasteiger partial charge >= 0.3 is 0 Å². The molecule has 3 aromatic rings. The molecular weight excluding hydrogens is 430 g/mol. The Morgan fingerprint density at radius 2 is 1.76 bits per heavy atom. The van der Waals surface area contributed by atoms with E-state index < -0.39 is 6.04 Å². The fourth-order valence-electron chi connectivity index (χ4n) is 4.39. The molecule has 0 saturated carbocycles. The number of imidazole rings is 1. The zero-order chi connectivity index (χ0) is 24.4. The van der Waals surface area contributed by atoms with Crippen LogP contribution in [0.25, 0.3) is 11.0 Å². The fraction of sp³-hybridized carbons (Fsp3) is 0.385. The maximum Gasteiger partial charge on any atom is 0.254 e. The van der Waals surface area contributed by atoms with Gasteiger partial charge in [0.15, 0.2) is 0 Å². The minimum atomic E-state index is -0.789. The van der Waals surface area contributed by atoms with E-state index in [9.17, 15) is 14.4 Å². The quantitative estimate of drug-likeness (QED) is 0.495. The Morgan fingerprint density at radius 3 is 2.50 bits per heavy atom. The Morgan fingerprint density at radius 1 is 1.06 bits per heavy atom. The van der Waals surface area contributed by atoms with Gasteiger partial charge in [0.05, 0.1) is 28.3 Å². The van der Waals surface area contributed by atoms with Crippen molar-refractivity contribution >= 4 is 34.4 Å². The molecule has 3 amide bonds. The summed E-state index contributed by atoms with van der Waals surface area (Å²) in [6, 6.07) is 13.9. The predicted molar refractivity (Wildman–Crippen MR) is 131 cm³/mol. The van der Waals surface area contributed by atoms with Crippen LogP contribution in [0, 0.1) is 5.92 Å². The van der Waals surface area contributed by atoms with E-state index in [1.54, 1.807) is 24.3 Å². The van der Waals surface area contributed by atoms with Gasteiger partial charge in [-0.25, -0.2) is 4.98 Å². The van der Waals surface area contributed by atoms with E-state index in [-0.39, 0.29) is 48.6 Å². The molecule has 2 atom stereocenters. The van der Waals surface area contributed by atoms with Crippen LogP contribution in [-0.4, -0.2) is 33.3 Å². The summed E-state index contributed by atoms with van der Waals surface area (Å²) < 4.78 is 2.16. The van der Waals surface area contributed by atoms with Crippen LogP contribution in [0.15, 0.2) is 48.5 Å². The Kier molecular flexibility index (Phi) is 6.68. The van der Waals surface area contributed by atoms with Gasteiger partial charge in [-0.3, -0.25) is 14.4 Å². The first kappa shape index (κ1) is 23.5. The van der Waals surface area contributed by atoms with E-state index in [2.05, 4.69) is 34.4 Å². The third-order valence-corrected chi connectivity index (χ3v) is 6.11. The summed E-state index contributed by atoms with van der Waals surface area (Å²) in [6.07, 6.45) is 0.294. The van der Waals surface area contributed by atoms with Gasteiger partial charge in [0, 0.05) is 12.5 Å². The molecule has 1 aromatic heterocycles. The average molecular weight is 462 g/mol. The fourth-order valence-corrected chi connectivity index (χ4v) is 4.39. The van der Waals surface area contributed by atoms with Crippen LogP contribution >= 0.6 is 0 Å². The zero-order valence-electron chi connectivity index (χ0n) is 20.0. The highest BCUT2D eigenvalue weighted by molar-refractivity contribution is 6.09. The Hall–Kier alpha value is -3.68. The Bertz CT molecular complexity index is 1230. The minimum absolute atomic E-state index is 0.0971. The van der Waals surface area contributed by atoms with Crippen molar-refractivity contribution in [3.63, 3.8) is 0 Å². The molecule has 1 aliphatic heterocycles. The van der Waals surface area contributed by atoms with E-state index in [1.807, 2.05) is 38.1 Å². The number of rotatable bonds is 7. The summed E-state index contributed by atoms with van der Waals surface area (Å²) in [6.45, 7) is 8.29. The van der Waals surface area contributed by atoms with E-state index in [1.165, 1.54) is 0 Å². The number of nitrogens with one attached hydrogen (secondary N) is 3. The first-order valence-electron chi connectivity index (χ1n) is 11.7. The van der Waals surface area contributed by atoms with Gasteiger partial charge in [-0.2, -0.15) is 0 Å². The number of anilines is 1. The lowest BCUT2D eigenvalue weighted by molar-refractivity contribution is -0.122. The molecule has 0 radical (unpaired) electrons. The maximum absolute atomic E-state index is 13.0. The maximum atomic E-state index is 13.0. The first-order valence-corrected chi connectivity index (χ1v) is 11.7. The number of nitrogens with zero attached hydrogens (tertiary/aromatic N) is 2. The van der Waals surface area contributed by atoms with Crippen molar-refractivity contribution in [3.8, 4) is 0 Å². The number of hydrogen-bond donors (Lipinski definition) is 3. The number of carbonyl (C=O) groups is 3. The highest BCUT2D eigenvalue weighted by Crippen LogP contribution is 2.29. The summed E-state index contributed by atoms with van der Waals surface area (Å²) in [5, 5.41) is 8.64. The molecule has 8 nitrogen and oxygen atoms in total. The summed E-state index contributed by atoms with van der Waals surface area (Å²) in [5.74, 6) is 0.0761. The minimum Gasteiger partial charge on any atom is -0.346 e. The van der Waals surface area contributed by atoms with E-state index in [0.717, 1.165) is 16.9 Å². The normalized spacial score (nSPS) is 16.7. The molecule has 0 saturated heterocycles. The monoisotopic (exact) mass is 461 g/mol. The molecule has 1 aliphatic rings. The predicted octanol–water partition coefficient (Wildman–Crippen LogP) is 3.96. The SMILES string of the molecule is CC(C)[C@H](NC(=O)CC[C@@H]1NC(=O)c2ccccc2NC1=O)c1nc2ccccc2n1C(C)C. The summed E-state index contributed by atoms with van der Waals surface area (Å²) in [5.41, 5.74) is 2.81. The number of amides is 3. The lowest BCUT2D eigenvalue weighted by Gasteiger charge is -2.25. The zero-order valence-corrected chi connectivity index (χ0v) is 20.0. The van der Waals surface area contributed by atoms with Gasteiger partial charge < -0.3 is 20.5 Å². The van der Waals surface area contributed by atoms with Gasteiger partial charge in [0.2, 0.25) is 11.8 Å². The van der Waals surface area contributed by atoms with Gasteiger partial charge in [-0.1, -0.05) is 38.1 Å². The molecule has 34 heavy (non-hydrogen) atoms. The summed E-state index contributed by atoms with van der Waals surface area (Å²) in [4.78, 5) is 43.0. The summed E-state index contributed by atoms with van der Waals surface area (Å²) in [7, 11) is 0. The molecule has 8 heteroatoms. The lowest BCUT2D eigenvalue weighted by Crippen LogP contribution is -2.42. The Labute approximate surface area is 199 Å². The van der Waals surface area contributed by atoms with E-state index >= 15 is 0 Å². The smallest absolute Gasteiger partial charge is 0.254 e. The number of fused-ring (bicyclic) bond motifs is 2. The van der Waals surface area contributed by atoms with Crippen molar-refractivity contribution in [2.45, 2.75) is 58.7 Å². The molecular formula is C26H31N5O3.